The Bertz CT molecular complexity index is 1510. The molecule has 0 aliphatic rings. The van der Waals surface area contributed by atoms with Gasteiger partial charge in [-0.25, -0.2) is 10.4 Å². The molecule has 4 rings (SSSR count). The molecule has 0 bridgehead atoms. The van der Waals surface area contributed by atoms with Crippen molar-refractivity contribution in [2.75, 3.05) is 12.4 Å². The zero-order chi connectivity index (χ0) is 28.7. The van der Waals surface area contributed by atoms with Crippen LogP contribution < -0.4 is 20.2 Å². The Morgan fingerprint density at radius 3 is 2.67 bits per heavy atom. The monoisotopic (exact) mass is 652 g/mol. The highest BCUT2D eigenvalue weighted by Crippen LogP contribution is 2.37. The minimum atomic E-state index is -4.45. The zero-order valence-corrected chi connectivity index (χ0v) is 23.9. The van der Waals surface area contributed by atoms with E-state index in [-0.39, 0.29) is 12.1 Å². The van der Waals surface area contributed by atoms with Crippen molar-refractivity contribution in [2.45, 2.75) is 19.2 Å². The lowest BCUT2D eigenvalue weighted by Crippen LogP contribution is -2.20. The molecule has 0 spiro atoms. The molecule has 4 aromatic rings. The number of thiazole rings is 1. The van der Waals surface area contributed by atoms with Gasteiger partial charge in [-0.1, -0.05) is 29.8 Å². The lowest BCUT2D eigenvalue weighted by molar-refractivity contribution is -0.137. The molecule has 40 heavy (non-hydrogen) atoms. The van der Waals surface area contributed by atoms with Gasteiger partial charge in [0.2, 0.25) is 5.91 Å². The first-order valence-electron chi connectivity index (χ1n) is 11.6. The van der Waals surface area contributed by atoms with E-state index in [4.69, 9.17) is 21.1 Å². The standard InChI is InChI=1S/C27H21BrClF3N4O3S/c1-38-23-10-17(9-22(28)25(23)39-14-16-5-7-19(29)8-6-16)13-33-36-24(37)12-21-15-40-26(35-21)34-20-4-2-3-18(11-20)27(30,31)32/h2-11,13,15H,12,14H2,1H3,(H,34,35)(H,36,37)/b33-13-. The highest BCUT2D eigenvalue weighted by Gasteiger charge is 2.30. The zero-order valence-electron chi connectivity index (χ0n) is 20.8. The molecule has 0 saturated heterocycles. The van der Waals surface area contributed by atoms with Crippen molar-refractivity contribution in [3.8, 4) is 11.5 Å². The average molecular weight is 654 g/mol. The summed E-state index contributed by atoms with van der Waals surface area (Å²) in [5, 5.41) is 9.47. The van der Waals surface area contributed by atoms with Crippen LogP contribution in [0.3, 0.4) is 0 Å². The van der Waals surface area contributed by atoms with Gasteiger partial charge in [-0.15, -0.1) is 11.3 Å². The topological polar surface area (TPSA) is 84.8 Å². The summed E-state index contributed by atoms with van der Waals surface area (Å²) < 4.78 is 50.8. The highest BCUT2D eigenvalue weighted by atomic mass is 79.9. The number of anilines is 2. The molecule has 0 aliphatic heterocycles. The third-order valence-corrected chi connectivity index (χ3v) is 6.93. The van der Waals surface area contributed by atoms with Crippen molar-refractivity contribution in [3.05, 3.63) is 97.9 Å². The Labute approximate surface area is 245 Å². The number of nitrogens with zero attached hydrogens (tertiary/aromatic N) is 2. The summed E-state index contributed by atoms with van der Waals surface area (Å²) in [7, 11) is 1.52. The fraction of sp³-hybridized carbons (Fsp3) is 0.148. The van der Waals surface area contributed by atoms with Crippen LogP contribution in [0.25, 0.3) is 0 Å². The van der Waals surface area contributed by atoms with Gasteiger partial charge in [0.15, 0.2) is 16.6 Å². The van der Waals surface area contributed by atoms with E-state index >= 15 is 0 Å². The molecule has 3 aromatic carbocycles. The largest absolute Gasteiger partial charge is 0.493 e. The summed E-state index contributed by atoms with van der Waals surface area (Å²) in [6.45, 7) is 0.309. The van der Waals surface area contributed by atoms with Crippen LogP contribution in [-0.2, 0) is 24.0 Å². The van der Waals surface area contributed by atoms with Crippen LogP contribution in [0.5, 0.6) is 11.5 Å². The molecule has 13 heteroatoms. The lowest BCUT2D eigenvalue weighted by atomic mass is 10.2. The Morgan fingerprint density at radius 2 is 1.95 bits per heavy atom. The van der Waals surface area contributed by atoms with Crippen molar-refractivity contribution < 1.29 is 27.4 Å². The van der Waals surface area contributed by atoms with Gasteiger partial charge in [0.05, 0.1) is 35.5 Å². The predicted octanol–water partition coefficient (Wildman–Crippen LogP) is 7.60. The lowest BCUT2D eigenvalue weighted by Gasteiger charge is -2.13. The number of aromatic nitrogens is 1. The molecule has 1 heterocycles. The average Bonchev–Trinajstić information content (AvgIpc) is 3.34. The first-order chi connectivity index (χ1) is 19.1. The summed E-state index contributed by atoms with van der Waals surface area (Å²) in [5.74, 6) is 0.567. The van der Waals surface area contributed by atoms with Gasteiger partial charge in [-0.05, 0) is 69.5 Å². The van der Waals surface area contributed by atoms with Gasteiger partial charge >= 0.3 is 6.18 Å². The smallest absolute Gasteiger partial charge is 0.416 e. The SMILES string of the molecule is COc1cc(/C=N\NC(=O)Cc2csc(Nc3cccc(C(F)(F)F)c3)n2)cc(Br)c1OCc1ccc(Cl)cc1. The molecule has 0 atom stereocenters. The first-order valence-corrected chi connectivity index (χ1v) is 13.6. The van der Waals surface area contributed by atoms with Crippen molar-refractivity contribution >= 4 is 61.8 Å². The number of benzene rings is 3. The molecule has 1 amide bonds. The number of hydrogen-bond donors (Lipinski definition) is 2. The molecule has 1 aromatic heterocycles. The summed E-state index contributed by atoms with van der Waals surface area (Å²) in [6.07, 6.45) is -3.06. The fourth-order valence-electron chi connectivity index (χ4n) is 3.42. The first kappa shape index (κ1) is 29.4. The number of hydrogen-bond acceptors (Lipinski definition) is 7. The number of hydrazone groups is 1. The van der Waals surface area contributed by atoms with Crippen LogP contribution in [0.2, 0.25) is 5.02 Å². The third-order valence-electron chi connectivity index (χ3n) is 5.29. The number of halogens is 5. The molecular weight excluding hydrogens is 633 g/mol. The molecule has 0 unspecified atom stereocenters. The van der Waals surface area contributed by atoms with E-state index in [9.17, 15) is 18.0 Å². The van der Waals surface area contributed by atoms with Gasteiger partial charge in [0, 0.05) is 16.1 Å². The number of ether oxygens (including phenoxy) is 2. The number of amides is 1. The van der Waals surface area contributed by atoms with Gasteiger partial charge < -0.3 is 14.8 Å². The van der Waals surface area contributed by atoms with Crippen LogP contribution >= 0.6 is 38.9 Å². The maximum atomic E-state index is 12.9. The van der Waals surface area contributed by atoms with Crippen LogP contribution in [-0.4, -0.2) is 24.2 Å². The molecule has 0 radical (unpaired) electrons. The Kier molecular flexibility index (Phi) is 9.67. The van der Waals surface area contributed by atoms with Gasteiger partial charge in [-0.2, -0.15) is 18.3 Å². The van der Waals surface area contributed by atoms with E-state index in [0.717, 1.165) is 17.7 Å². The normalized spacial score (nSPS) is 11.4. The van der Waals surface area contributed by atoms with Crippen LogP contribution in [0.4, 0.5) is 24.0 Å². The van der Waals surface area contributed by atoms with Crippen LogP contribution in [0, 0.1) is 0 Å². The number of carbonyl (C=O) groups excluding carboxylic acids is 1. The number of methoxy groups -OCH3 is 1. The molecule has 2 N–H and O–H groups in total. The van der Waals surface area contributed by atoms with Crippen molar-refractivity contribution in [2.24, 2.45) is 5.10 Å². The third kappa shape index (κ3) is 8.20. The maximum Gasteiger partial charge on any atom is 0.416 e. The second-order valence-corrected chi connectivity index (χ2v) is 10.4. The number of nitrogens with one attached hydrogen (secondary N) is 2. The summed E-state index contributed by atoms with van der Waals surface area (Å²) in [4.78, 5) is 16.6. The quantitative estimate of drug-likeness (QED) is 0.136. The predicted molar refractivity (Wildman–Crippen MR) is 153 cm³/mol. The van der Waals surface area contributed by atoms with Crippen LogP contribution in [0.15, 0.2) is 75.6 Å². The molecule has 7 nitrogen and oxygen atoms in total. The van der Waals surface area contributed by atoms with Gasteiger partial charge in [-0.3, -0.25) is 4.79 Å². The molecule has 208 valence electrons. The van der Waals surface area contributed by atoms with Crippen molar-refractivity contribution in [1.82, 2.24) is 10.4 Å². The Balaban J connectivity index is 1.32. The number of alkyl halides is 3. The minimum Gasteiger partial charge on any atom is -0.493 e. The van der Waals surface area contributed by atoms with Crippen LogP contribution in [0.1, 0.15) is 22.4 Å². The fourth-order valence-corrected chi connectivity index (χ4v) is 4.85. The Morgan fingerprint density at radius 1 is 1.18 bits per heavy atom. The maximum absolute atomic E-state index is 12.9. The van der Waals surface area contributed by atoms with E-state index in [1.54, 1.807) is 29.6 Å². The molecule has 0 aliphatic carbocycles. The van der Waals surface area contributed by atoms with E-state index < -0.39 is 17.6 Å². The summed E-state index contributed by atoms with van der Waals surface area (Å²) >= 11 is 10.6. The van der Waals surface area contributed by atoms with Crippen molar-refractivity contribution in [3.63, 3.8) is 0 Å². The number of carbonyl (C=O) groups is 1. The minimum absolute atomic E-state index is 0.0669. The van der Waals surface area contributed by atoms with Gasteiger partial charge in [0.25, 0.3) is 0 Å². The van der Waals surface area contributed by atoms with E-state index in [1.165, 1.54) is 36.8 Å². The second kappa shape index (κ2) is 13.2. The second-order valence-electron chi connectivity index (χ2n) is 8.27. The highest BCUT2D eigenvalue weighted by molar-refractivity contribution is 9.10. The summed E-state index contributed by atoms with van der Waals surface area (Å²) in [5.41, 5.74) is 3.93. The van der Waals surface area contributed by atoms with Gasteiger partial charge in [0.1, 0.15) is 6.61 Å². The summed E-state index contributed by atoms with van der Waals surface area (Å²) in [6, 6.07) is 15.6. The van der Waals surface area contributed by atoms with Crippen molar-refractivity contribution in [1.29, 1.82) is 0 Å². The van der Waals surface area contributed by atoms with E-state index in [0.29, 0.717) is 44.0 Å². The molecule has 0 fully saturated rings. The number of rotatable bonds is 10. The van der Waals surface area contributed by atoms with E-state index in [1.807, 2.05) is 12.1 Å². The molecule has 0 saturated carbocycles. The Hall–Kier alpha value is -3.61. The van der Waals surface area contributed by atoms with E-state index in [2.05, 4.69) is 36.8 Å². The molecular formula is C27H21BrClF3N4O3S.